The van der Waals surface area contributed by atoms with E-state index in [0.29, 0.717) is 4.83 Å². The number of benzene rings is 2. The molecule has 0 saturated heterocycles. The molecule has 2 aromatic carbocycles. The largest absolute Gasteiger partial charge is 0.299 e. The van der Waals surface area contributed by atoms with Crippen molar-refractivity contribution in [3.05, 3.63) is 71.3 Å². The molecule has 27 heavy (non-hydrogen) atoms. The van der Waals surface area contributed by atoms with Crippen LogP contribution in [0.5, 0.6) is 0 Å². The molecule has 2 aromatic rings. The molecule has 144 valence electrons. The van der Waals surface area contributed by atoms with Gasteiger partial charge in [0.25, 0.3) is 0 Å². The lowest BCUT2D eigenvalue weighted by Gasteiger charge is -2.32. The summed E-state index contributed by atoms with van der Waals surface area (Å²) in [6.07, 6.45) is 5.05. The minimum Gasteiger partial charge on any atom is -0.299 e. The van der Waals surface area contributed by atoms with Crippen molar-refractivity contribution in [1.29, 1.82) is 5.26 Å². The van der Waals surface area contributed by atoms with Crippen molar-refractivity contribution in [2.24, 2.45) is 0 Å². The smallest absolute Gasteiger partial charge is 0.0587 e. The van der Waals surface area contributed by atoms with Crippen LogP contribution in [0.25, 0.3) is 0 Å². The Morgan fingerprint density at radius 3 is 2.22 bits per heavy atom. The average molecular weight is 427 g/mol. The Morgan fingerprint density at radius 1 is 1.04 bits per heavy atom. The molecule has 0 spiro atoms. The fourth-order valence-electron chi connectivity index (χ4n) is 3.46. The zero-order valence-electron chi connectivity index (χ0n) is 16.6. The molecule has 2 unspecified atom stereocenters. The highest BCUT2D eigenvalue weighted by Crippen LogP contribution is 2.41. The maximum atomic E-state index is 7.32. The summed E-state index contributed by atoms with van der Waals surface area (Å²) in [5, 5.41) is 7.32. The Labute approximate surface area is 173 Å². The number of nitrogens with zero attached hydrogens (tertiary/aromatic N) is 2. The zero-order valence-corrected chi connectivity index (χ0v) is 18.2. The van der Waals surface area contributed by atoms with Crippen LogP contribution in [0, 0.1) is 11.3 Å². The van der Waals surface area contributed by atoms with Gasteiger partial charge in [0.2, 0.25) is 0 Å². The van der Waals surface area contributed by atoms with Gasteiger partial charge in [0, 0.05) is 18.3 Å². The first kappa shape index (κ1) is 21.7. The minimum absolute atomic E-state index is 0.694. The van der Waals surface area contributed by atoms with Gasteiger partial charge in [0.05, 0.1) is 6.07 Å². The van der Waals surface area contributed by atoms with Crippen LogP contribution in [-0.4, -0.2) is 22.8 Å². The van der Waals surface area contributed by atoms with E-state index in [1.807, 2.05) is 0 Å². The van der Waals surface area contributed by atoms with Crippen LogP contribution < -0.4 is 0 Å². The Bertz CT molecular complexity index is 691. The SMILES string of the molecule is CC#N.CCN(CCCc1ccc(C2CCC2Br)cc1)Cc1ccccc1. The second-order valence-electron chi connectivity index (χ2n) is 7.12. The predicted octanol–water partition coefficient (Wildman–Crippen LogP) is 6.31. The van der Waals surface area contributed by atoms with E-state index < -0.39 is 0 Å². The molecular formula is C24H31BrN2. The van der Waals surface area contributed by atoms with Crippen molar-refractivity contribution in [1.82, 2.24) is 4.90 Å². The third-order valence-corrected chi connectivity index (χ3v) is 6.33. The van der Waals surface area contributed by atoms with Gasteiger partial charge in [-0.3, -0.25) is 4.90 Å². The monoisotopic (exact) mass is 426 g/mol. The first-order valence-corrected chi connectivity index (χ1v) is 10.9. The van der Waals surface area contributed by atoms with E-state index in [-0.39, 0.29) is 0 Å². The second kappa shape index (κ2) is 12.0. The highest BCUT2D eigenvalue weighted by Gasteiger charge is 2.29. The summed E-state index contributed by atoms with van der Waals surface area (Å²) >= 11 is 3.77. The maximum Gasteiger partial charge on any atom is 0.0587 e. The lowest BCUT2D eigenvalue weighted by molar-refractivity contribution is 0.276. The first-order valence-electron chi connectivity index (χ1n) is 9.98. The van der Waals surface area contributed by atoms with Gasteiger partial charge >= 0.3 is 0 Å². The number of hydrogen-bond acceptors (Lipinski definition) is 2. The fraction of sp³-hybridized carbons (Fsp3) is 0.458. The van der Waals surface area contributed by atoms with Crippen molar-refractivity contribution in [2.75, 3.05) is 13.1 Å². The van der Waals surface area contributed by atoms with Gasteiger partial charge in [-0.1, -0.05) is 77.5 Å². The number of halogens is 1. The Hall–Kier alpha value is -1.63. The van der Waals surface area contributed by atoms with Crippen molar-refractivity contribution in [3.8, 4) is 6.07 Å². The van der Waals surface area contributed by atoms with E-state index in [0.717, 1.165) is 19.0 Å². The van der Waals surface area contributed by atoms with Crippen LogP contribution in [0.4, 0.5) is 0 Å². The summed E-state index contributed by atoms with van der Waals surface area (Å²) in [6.45, 7) is 7.03. The maximum absolute atomic E-state index is 7.32. The molecule has 0 aliphatic heterocycles. The molecule has 0 heterocycles. The topological polar surface area (TPSA) is 27.0 Å². The van der Waals surface area contributed by atoms with Gasteiger partial charge in [-0.15, -0.1) is 0 Å². The Balaban J connectivity index is 0.000000817. The molecule has 2 atom stereocenters. The minimum atomic E-state index is 0.694. The third kappa shape index (κ3) is 7.13. The summed E-state index contributed by atoms with van der Waals surface area (Å²) < 4.78 is 0. The fourth-order valence-corrected chi connectivity index (χ4v) is 4.30. The number of rotatable bonds is 8. The molecule has 0 aromatic heterocycles. The van der Waals surface area contributed by atoms with Gasteiger partial charge in [-0.2, -0.15) is 5.26 Å². The molecule has 3 rings (SSSR count). The number of nitriles is 1. The molecule has 1 aliphatic rings. The van der Waals surface area contributed by atoms with Crippen LogP contribution in [0.3, 0.4) is 0 Å². The molecule has 0 radical (unpaired) electrons. The van der Waals surface area contributed by atoms with E-state index in [2.05, 4.69) is 82.4 Å². The zero-order chi connectivity index (χ0) is 19.5. The van der Waals surface area contributed by atoms with Gasteiger partial charge in [0.15, 0.2) is 0 Å². The van der Waals surface area contributed by atoms with E-state index in [9.17, 15) is 0 Å². The molecule has 1 aliphatic carbocycles. The second-order valence-corrected chi connectivity index (χ2v) is 8.30. The molecule has 1 saturated carbocycles. The standard InChI is InChI=1S/C22H28BrN.C2H3N/c1-2-24(17-19-7-4-3-5-8-19)16-6-9-18-10-12-20(13-11-18)21-14-15-22(21)23;1-2-3/h3-5,7-8,10-13,21-22H,2,6,9,14-17H2,1H3;1H3. The van der Waals surface area contributed by atoms with E-state index in [1.165, 1.54) is 55.8 Å². The van der Waals surface area contributed by atoms with Crippen molar-refractivity contribution < 1.29 is 0 Å². The summed E-state index contributed by atoms with van der Waals surface area (Å²) in [5.74, 6) is 0.737. The van der Waals surface area contributed by atoms with Crippen LogP contribution in [0.1, 0.15) is 55.7 Å². The molecule has 1 fully saturated rings. The van der Waals surface area contributed by atoms with Gasteiger partial charge in [0.1, 0.15) is 0 Å². The molecular weight excluding hydrogens is 396 g/mol. The van der Waals surface area contributed by atoms with Crippen molar-refractivity contribution in [2.45, 2.75) is 56.8 Å². The summed E-state index contributed by atoms with van der Waals surface area (Å²) in [5.41, 5.74) is 4.39. The van der Waals surface area contributed by atoms with Gasteiger partial charge in [-0.25, -0.2) is 0 Å². The van der Waals surface area contributed by atoms with Crippen LogP contribution in [-0.2, 0) is 13.0 Å². The number of hydrogen-bond donors (Lipinski definition) is 0. The third-order valence-electron chi connectivity index (χ3n) is 5.23. The summed E-state index contributed by atoms with van der Waals surface area (Å²) in [4.78, 5) is 3.23. The van der Waals surface area contributed by atoms with Gasteiger partial charge in [-0.05, 0) is 61.4 Å². The van der Waals surface area contributed by atoms with E-state index in [1.54, 1.807) is 6.07 Å². The molecule has 0 bridgehead atoms. The van der Waals surface area contributed by atoms with Gasteiger partial charge < -0.3 is 0 Å². The van der Waals surface area contributed by atoms with E-state index in [4.69, 9.17) is 5.26 Å². The highest BCUT2D eigenvalue weighted by molar-refractivity contribution is 9.09. The number of aryl methyl sites for hydroxylation is 1. The van der Waals surface area contributed by atoms with Crippen LogP contribution >= 0.6 is 15.9 Å². The van der Waals surface area contributed by atoms with Crippen molar-refractivity contribution in [3.63, 3.8) is 0 Å². The number of alkyl halides is 1. The highest BCUT2D eigenvalue weighted by atomic mass is 79.9. The summed E-state index contributed by atoms with van der Waals surface area (Å²) in [6, 6.07) is 21.9. The van der Waals surface area contributed by atoms with Crippen LogP contribution in [0.15, 0.2) is 54.6 Å². The quantitative estimate of drug-likeness (QED) is 0.462. The Kier molecular flexibility index (Phi) is 9.59. The van der Waals surface area contributed by atoms with Crippen molar-refractivity contribution >= 4 is 15.9 Å². The molecule has 0 amide bonds. The molecule has 0 N–H and O–H groups in total. The lowest BCUT2D eigenvalue weighted by atomic mass is 9.79. The average Bonchev–Trinajstić information content (AvgIpc) is 2.68. The Morgan fingerprint density at radius 2 is 1.70 bits per heavy atom. The van der Waals surface area contributed by atoms with E-state index >= 15 is 0 Å². The predicted molar refractivity (Wildman–Crippen MR) is 118 cm³/mol. The first-order chi connectivity index (χ1) is 13.2. The normalized spacial score (nSPS) is 18.2. The van der Waals surface area contributed by atoms with Crippen LogP contribution in [0.2, 0.25) is 0 Å². The molecule has 2 nitrogen and oxygen atoms in total. The lowest BCUT2D eigenvalue weighted by Crippen LogP contribution is -2.24. The summed E-state index contributed by atoms with van der Waals surface area (Å²) in [7, 11) is 0. The molecule has 3 heteroatoms.